The van der Waals surface area contributed by atoms with Crippen molar-refractivity contribution in [3.05, 3.63) is 24.3 Å². The highest BCUT2D eigenvalue weighted by Crippen LogP contribution is 2.36. The van der Waals surface area contributed by atoms with E-state index in [1.54, 1.807) is 0 Å². The molecule has 4 nitrogen and oxygen atoms in total. The van der Waals surface area contributed by atoms with E-state index < -0.39 is 23.8 Å². The van der Waals surface area contributed by atoms with Gasteiger partial charge in [0.2, 0.25) is 0 Å². The first-order chi connectivity index (χ1) is 7.51. The van der Waals surface area contributed by atoms with E-state index in [4.69, 9.17) is 0 Å². The van der Waals surface area contributed by atoms with E-state index in [2.05, 4.69) is 22.6 Å². The normalized spacial score (nSPS) is 25.1. The summed E-state index contributed by atoms with van der Waals surface area (Å²) in [6.45, 7) is 7.64. The number of carbonyl (C=O) groups excluding carboxylic acids is 2. The highest BCUT2D eigenvalue weighted by molar-refractivity contribution is 5.83. The van der Waals surface area contributed by atoms with Gasteiger partial charge in [-0.3, -0.25) is 9.59 Å². The molecular formula is C12H16O4. The lowest BCUT2D eigenvalue weighted by molar-refractivity contribution is -0.158. The SMILES string of the molecule is C=C1C[C@H](C(=O)OC)[C@H](C(=O)OC)CC1=C. The summed E-state index contributed by atoms with van der Waals surface area (Å²) in [5.74, 6) is -1.81. The Bertz CT molecular complexity index is 309. The van der Waals surface area contributed by atoms with Crippen LogP contribution in [0.25, 0.3) is 0 Å². The molecule has 0 amide bonds. The van der Waals surface area contributed by atoms with E-state index in [1.807, 2.05) is 0 Å². The molecule has 0 spiro atoms. The third-order valence-corrected chi connectivity index (χ3v) is 2.93. The van der Waals surface area contributed by atoms with Crippen molar-refractivity contribution in [1.29, 1.82) is 0 Å². The van der Waals surface area contributed by atoms with Gasteiger partial charge in [-0.1, -0.05) is 24.3 Å². The van der Waals surface area contributed by atoms with Crippen molar-refractivity contribution < 1.29 is 19.1 Å². The summed E-state index contributed by atoms with van der Waals surface area (Å²) in [5.41, 5.74) is 1.60. The minimum Gasteiger partial charge on any atom is -0.469 e. The molecule has 0 bridgehead atoms. The average molecular weight is 224 g/mol. The van der Waals surface area contributed by atoms with Crippen LogP contribution in [0.2, 0.25) is 0 Å². The maximum absolute atomic E-state index is 11.5. The minimum absolute atomic E-state index is 0.399. The fourth-order valence-corrected chi connectivity index (χ4v) is 1.90. The second-order valence-electron chi connectivity index (χ2n) is 3.87. The van der Waals surface area contributed by atoms with Gasteiger partial charge >= 0.3 is 11.9 Å². The smallest absolute Gasteiger partial charge is 0.309 e. The molecule has 0 heterocycles. The zero-order valence-corrected chi connectivity index (χ0v) is 9.62. The van der Waals surface area contributed by atoms with Crippen LogP contribution in [0.4, 0.5) is 0 Å². The maximum atomic E-state index is 11.5. The van der Waals surface area contributed by atoms with Crippen molar-refractivity contribution in [2.75, 3.05) is 14.2 Å². The molecule has 1 saturated carbocycles. The first kappa shape index (κ1) is 12.5. The molecule has 1 fully saturated rings. The van der Waals surface area contributed by atoms with E-state index >= 15 is 0 Å². The Kier molecular flexibility index (Phi) is 3.88. The van der Waals surface area contributed by atoms with Gasteiger partial charge in [0.05, 0.1) is 26.1 Å². The molecule has 0 unspecified atom stereocenters. The van der Waals surface area contributed by atoms with E-state index in [-0.39, 0.29) is 0 Å². The van der Waals surface area contributed by atoms with Crippen LogP contribution in [0, 0.1) is 11.8 Å². The average Bonchev–Trinajstić information content (AvgIpc) is 2.30. The molecular weight excluding hydrogens is 208 g/mol. The summed E-state index contributed by atoms with van der Waals surface area (Å²) >= 11 is 0. The second-order valence-corrected chi connectivity index (χ2v) is 3.87. The zero-order valence-electron chi connectivity index (χ0n) is 9.62. The molecule has 4 heteroatoms. The third kappa shape index (κ3) is 2.32. The first-order valence-electron chi connectivity index (χ1n) is 5.02. The van der Waals surface area contributed by atoms with Crippen molar-refractivity contribution in [1.82, 2.24) is 0 Å². The quantitative estimate of drug-likeness (QED) is 0.666. The number of hydrogen-bond donors (Lipinski definition) is 0. The van der Waals surface area contributed by atoms with E-state index in [9.17, 15) is 9.59 Å². The van der Waals surface area contributed by atoms with Gasteiger partial charge in [0.25, 0.3) is 0 Å². The molecule has 0 N–H and O–H groups in total. The summed E-state index contributed by atoms with van der Waals surface area (Å²) in [6.07, 6.45) is 0.816. The second kappa shape index (κ2) is 4.96. The Morgan fingerprint density at radius 1 is 1.00 bits per heavy atom. The Labute approximate surface area is 94.9 Å². The van der Waals surface area contributed by atoms with Gasteiger partial charge in [0.15, 0.2) is 0 Å². The monoisotopic (exact) mass is 224 g/mol. The minimum atomic E-state index is -0.504. The molecule has 0 radical (unpaired) electrons. The van der Waals surface area contributed by atoms with Crippen molar-refractivity contribution in [2.24, 2.45) is 11.8 Å². The number of rotatable bonds is 2. The first-order valence-corrected chi connectivity index (χ1v) is 5.02. The van der Waals surface area contributed by atoms with E-state index in [0.29, 0.717) is 12.8 Å². The lowest BCUT2D eigenvalue weighted by Crippen LogP contribution is -2.35. The van der Waals surface area contributed by atoms with Gasteiger partial charge in [0.1, 0.15) is 0 Å². The number of esters is 2. The number of ether oxygens (including phenoxy) is 2. The van der Waals surface area contributed by atoms with Crippen LogP contribution in [0.1, 0.15) is 12.8 Å². The van der Waals surface area contributed by atoms with Crippen LogP contribution in [-0.4, -0.2) is 26.2 Å². The van der Waals surface area contributed by atoms with Gasteiger partial charge in [0, 0.05) is 0 Å². The van der Waals surface area contributed by atoms with Crippen LogP contribution >= 0.6 is 0 Å². The van der Waals surface area contributed by atoms with Gasteiger partial charge in [-0.25, -0.2) is 0 Å². The lowest BCUT2D eigenvalue weighted by atomic mass is 9.75. The standard InChI is InChI=1S/C12H16O4/c1-7-5-9(11(13)15-3)10(6-8(7)2)12(14)16-4/h9-10H,1-2,5-6H2,3-4H3/t9-,10+. The van der Waals surface area contributed by atoms with Gasteiger partial charge in [-0.2, -0.15) is 0 Å². The molecule has 1 aliphatic rings. The Morgan fingerprint density at radius 3 is 1.56 bits per heavy atom. The van der Waals surface area contributed by atoms with Crippen LogP contribution in [-0.2, 0) is 19.1 Å². The number of allylic oxidation sites excluding steroid dienone is 2. The molecule has 1 aliphatic carbocycles. The Hall–Kier alpha value is -1.58. The maximum Gasteiger partial charge on any atom is 0.309 e. The highest BCUT2D eigenvalue weighted by Gasteiger charge is 2.39. The van der Waals surface area contributed by atoms with Crippen molar-refractivity contribution in [3.8, 4) is 0 Å². The topological polar surface area (TPSA) is 52.6 Å². The van der Waals surface area contributed by atoms with Gasteiger partial charge < -0.3 is 9.47 Å². The van der Waals surface area contributed by atoms with Crippen molar-refractivity contribution >= 4 is 11.9 Å². The van der Waals surface area contributed by atoms with Crippen molar-refractivity contribution in [2.45, 2.75) is 12.8 Å². The molecule has 0 aromatic rings. The van der Waals surface area contributed by atoms with Crippen LogP contribution < -0.4 is 0 Å². The van der Waals surface area contributed by atoms with Crippen molar-refractivity contribution in [3.63, 3.8) is 0 Å². The molecule has 0 saturated heterocycles. The summed E-state index contributed by atoms with van der Waals surface area (Å²) < 4.78 is 9.36. The molecule has 1 rings (SSSR count). The Morgan fingerprint density at radius 2 is 1.31 bits per heavy atom. The summed E-state index contributed by atoms with van der Waals surface area (Å²) in [5, 5.41) is 0. The summed E-state index contributed by atoms with van der Waals surface area (Å²) in [7, 11) is 2.62. The molecule has 0 aliphatic heterocycles. The van der Waals surface area contributed by atoms with E-state index in [1.165, 1.54) is 14.2 Å². The highest BCUT2D eigenvalue weighted by atomic mass is 16.5. The van der Waals surface area contributed by atoms with Crippen LogP contribution in [0.5, 0.6) is 0 Å². The molecule has 2 atom stereocenters. The Balaban J connectivity index is 2.92. The number of carbonyl (C=O) groups is 2. The van der Waals surface area contributed by atoms with Gasteiger partial charge in [-0.15, -0.1) is 0 Å². The number of methoxy groups -OCH3 is 2. The predicted molar refractivity (Wildman–Crippen MR) is 58.5 cm³/mol. The fraction of sp³-hybridized carbons (Fsp3) is 0.500. The van der Waals surface area contributed by atoms with Gasteiger partial charge in [-0.05, 0) is 12.8 Å². The largest absolute Gasteiger partial charge is 0.469 e. The van der Waals surface area contributed by atoms with E-state index in [0.717, 1.165) is 11.1 Å². The third-order valence-electron chi connectivity index (χ3n) is 2.93. The lowest BCUT2D eigenvalue weighted by Gasteiger charge is -2.30. The summed E-state index contributed by atoms with van der Waals surface area (Å²) in [6, 6.07) is 0. The molecule has 88 valence electrons. The molecule has 0 aromatic carbocycles. The van der Waals surface area contributed by atoms with Crippen LogP contribution in [0.3, 0.4) is 0 Å². The van der Waals surface area contributed by atoms with Crippen LogP contribution in [0.15, 0.2) is 24.3 Å². The molecule has 16 heavy (non-hydrogen) atoms. The molecule has 0 aromatic heterocycles. The summed E-state index contributed by atoms with van der Waals surface area (Å²) in [4.78, 5) is 23.1. The predicted octanol–water partition coefficient (Wildman–Crippen LogP) is 1.47. The number of hydrogen-bond acceptors (Lipinski definition) is 4. The zero-order chi connectivity index (χ0) is 12.3. The fourth-order valence-electron chi connectivity index (χ4n) is 1.90.